The van der Waals surface area contributed by atoms with E-state index in [1.54, 1.807) is 6.26 Å². The minimum Gasteiger partial charge on any atom is -0.472 e. The van der Waals surface area contributed by atoms with Crippen LogP contribution in [0, 0.1) is 12.8 Å². The van der Waals surface area contributed by atoms with E-state index in [0.29, 0.717) is 24.0 Å². The highest BCUT2D eigenvalue weighted by Crippen LogP contribution is 2.39. The van der Waals surface area contributed by atoms with E-state index >= 15 is 0 Å². The summed E-state index contributed by atoms with van der Waals surface area (Å²) in [5.74, 6) is 1.46. The first-order chi connectivity index (χ1) is 7.22. The Morgan fingerprint density at radius 1 is 1.47 bits per heavy atom. The van der Waals surface area contributed by atoms with E-state index in [9.17, 15) is 4.79 Å². The average Bonchev–Trinajstić information content (AvgIpc) is 2.64. The number of carbonyl (C=O) groups is 1. The molecule has 2 nitrogen and oxygen atoms in total. The van der Waals surface area contributed by atoms with Crippen LogP contribution < -0.4 is 0 Å². The van der Waals surface area contributed by atoms with E-state index < -0.39 is 0 Å². The van der Waals surface area contributed by atoms with Gasteiger partial charge in [-0.25, -0.2) is 0 Å². The molecule has 1 aliphatic rings. The summed E-state index contributed by atoms with van der Waals surface area (Å²) in [6, 6.07) is 0. The fourth-order valence-corrected chi connectivity index (χ4v) is 2.66. The topological polar surface area (TPSA) is 30.2 Å². The van der Waals surface area contributed by atoms with Crippen molar-refractivity contribution in [2.45, 2.75) is 45.4 Å². The van der Waals surface area contributed by atoms with Gasteiger partial charge in [-0.05, 0) is 36.3 Å². The van der Waals surface area contributed by atoms with Crippen LogP contribution in [0.2, 0.25) is 0 Å². The summed E-state index contributed by atoms with van der Waals surface area (Å²) in [5, 5.41) is 0. The van der Waals surface area contributed by atoms with Gasteiger partial charge in [0, 0.05) is 12.8 Å². The number of ketones is 1. The van der Waals surface area contributed by atoms with Gasteiger partial charge in [-0.2, -0.15) is 0 Å². The van der Waals surface area contributed by atoms with Crippen LogP contribution in [-0.2, 0) is 4.79 Å². The highest BCUT2D eigenvalue weighted by molar-refractivity contribution is 5.80. The maximum Gasteiger partial charge on any atom is 0.133 e. The Morgan fingerprint density at radius 3 is 2.87 bits per heavy atom. The molecule has 2 rings (SSSR count). The Balaban J connectivity index is 2.24. The fourth-order valence-electron chi connectivity index (χ4n) is 2.66. The number of furan rings is 1. The molecule has 0 saturated heterocycles. The first-order valence-corrected chi connectivity index (χ1v) is 5.76. The van der Waals surface area contributed by atoms with E-state index in [-0.39, 0.29) is 0 Å². The van der Waals surface area contributed by atoms with Gasteiger partial charge in [-0.15, -0.1) is 0 Å². The molecule has 1 saturated carbocycles. The minimum absolute atomic E-state index is 0.398. The zero-order valence-corrected chi connectivity index (χ0v) is 9.45. The van der Waals surface area contributed by atoms with E-state index in [4.69, 9.17) is 4.42 Å². The fraction of sp³-hybridized carbons (Fsp3) is 0.615. The summed E-state index contributed by atoms with van der Waals surface area (Å²) in [6.45, 7) is 4.27. The van der Waals surface area contributed by atoms with Crippen molar-refractivity contribution in [1.29, 1.82) is 0 Å². The average molecular weight is 206 g/mol. The first-order valence-electron chi connectivity index (χ1n) is 5.76. The molecule has 2 unspecified atom stereocenters. The molecule has 0 spiro atoms. The number of hydrogen-bond donors (Lipinski definition) is 0. The van der Waals surface area contributed by atoms with Crippen LogP contribution in [0.25, 0.3) is 0 Å². The monoisotopic (exact) mass is 206 g/mol. The van der Waals surface area contributed by atoms with Crippen LogP contribution in [-0.4, -0.2) is 5.78 Å². The Hall–Kier alpha value is -1.05. The Labute approximate surface area is 90.7 Å². The molecule has 1 fully saturated rings. The van der Waals surface area contributed by atoms with Gasteiger partial charge >= 0.3 is 0 Å². The van der Waals surface area contributed by atoms with Gasteiger partial charge in [0.25, 0.3) is 0 Å². The van der Waals surface area contributed by atoms with Crippen molar-refractivity contribution in [2.24, 2.45) is 5.92 Å². The summed E-state index contributed by atoms with van der Waals surface area (Å²) in [4.78, 5) is 11.5. The third-order valence-corrected chi connectivity index (χ3v) is 3.63. The molecule has 1 aromatic heterocycles. The molecule has 1 aliphatic carbocycles. The summed E-state index contributed by atoms with van der Waals surface area (Å²) < 4.78 is 5.22. The molecule has 0 N–H and O–H groups in total. The minimum atomic E-state index is 0.398. The smallest absolute Gasteiger partial charge is 0.133 e. The lowest BCUT2D eigenvalue weighted by Crippen LogP contribution is -2.23. The van der Waals surface area contributed by atoms with Crippen molar-refractivity contribution in [3.05, 3.63) is 23.7 Å². The molecule has 0 aromatic carbocycles. The van der Waals surface area contributed by atoms with Crippen molar-refractivity contribution in [3.8, 4) is 0 Å². The van der Waals surface area contributed by atoms with E-state index in [1.165, 1.54) is 11.1 Å². The second-order valence-corrected chi connectivity index (χ2v) is 4.57. The summed E-state index contributed by atoms with van der Waals surface area (Å²) in [5.41, 5.74) is 2.43. The predicted octanol–water partition coefficient (Wildman–Crippen LogP) is 3.45. The van der Waals surface area contributed by atoms with Crippen molar-refractivity contribution in [1.82, 2.24) is 0 Å². The Kier molecular flexibility index (Phi) is 2.94. The van der Waals surface area contributed by atoms with Gasteiger partial charge in [0.1, 0.15) is 5.78 Å². The largest absolute Gasteiger partial charge is 0.472 e. The van der Waals surface area contributed by atoms with Gasteiger partial charge in [-0.3, -0.25) is 4.79 Å². The number of aryl methyl sites for hydroxylation is 1. The molecule has 1 heterocycles. The molecule has 2 heteroatoms. The maximum absolute atomic E-state index is 11.5. The molecule has 0 bridgehead atoms. The molecule has 15 heavy (non-hydrogen) atoms. The standard InChI is InChI=1S/C13H18O2/c1-3-10-4-5-11(14)6-12(10)13-8-15-7-9(13)2/h7-8,10,12H,3-6H2,1-2H3. The molecule has 1 aromatic rings. The number of hydrogen-bond acceptors (Lipinski definition) is 2. The van der Waals surface area contributed by atoms with Crippen molar-refractivity contribution in [3.63, 3.8) is 0 Å². The summed E-state index contributed by atoms with van der Waals surface area (Å²) >= 11 is 0. The van der Waals surface area contributed by atoms with Crippen molar-refractivity contribution < 1.29 is 9.21 Å². The molecule has 2 atom stereocenters. The van der Waals surface area contributed by atoms with Crippen LogP contribution in [0.4, 0.5) is 0 Å². The van der Waals surface area contributed by atoms with E-state index in [0.717, 1.165) is 19.3 Å². The quantitative estimate of drug-likeness (QED) is 0.741. The molecule has 0 aliphatic heterocycles. The Morgan fingerprint density at radius 2 is 2.27 bits per heavy atom. The normalized spacial score (nSPS) is 26.9. The summed E-state index contributed by atoms with van der Waals surface area (Å²) in [6.07, 6.45) is 7.28. The van der Waals surface area contributed by atoms with Crippen LogP contribution in [0.5, 0.6) is 0 Å². The maximum atomic E-state index is 11.5. The predicted molar refractivity (Wildman–Crippen MR) is 58.8 cm³/mol. The van der Waals surface area contributed by atoms with Gasteiger partial charge in [-0.1, -0.05) is 13.3 Å². The summed E-state index contributed by atoms with van der Waals surface area (Å²) in [7, 11) is 0. The van der Waals surface area contributed by atoms with Gasteiger partial charge in [0.05, 0.1) is 12.5 Å². The third-order valence-electron chi connectivity index (χ3n) is 3.63. The molecule has 82 valence electrons. The zero-order chi connectivity index (χ0) is 10.8. The zero-order valence-electron chi connectivity index (χ0n) is 9.45. The van der Waals surface area contributed by atoms with E-state index in [2.05, 4.69) is 13.8 Å². The molecule has 0 radical (unpaired) electrons. The molecular formula is C13H18O2. The molecule has 0 amide bonds. The number of carbonyl (C=O) groups excluding carboxylic acids is 1. The van der Waals surface area contributed by atoms with Crippen LogP contribution >= 0.6 is 0 Å². The van der Waals surface area contributed by atoms with Crippen molar-refractivity contribution >= 4 is 5.78 Å². The van der Waals surface area contributed by atoms with Gasteiger partial charge in [0.2, 0.25) is 0 Å². The highest BCUT2D eigenvalue weighted by Gasteiger charge is 2.30. The second-order valence-electron chi connectivity index (χ2n) is 4.57. The van der Waals surface area contributed by atoms with E-state index in [1.807, 2.05) is 6.26 Å². The van der Waals surface area contributed by atoms with Gasteiger partial charge in [0.15, 0.2) is 0 Å². The second kappa shape index (κ2) is 4.21. The SMILES string of the molecule is CCC1CCC(=O)CC1c1cocc1C. The Bertz CT molecular complexity index is 351. The molecular weight excluding hydrogens is 188 g/mol. The first kappa shape index (κ1) is 10.5. The third kappa shape index (κ3) is 1.99. The highest BCUT2D eigenvalue weighted by atomic mass is 16.3. The number of rotatable bonds is 2. The van der Waals surface area contributed by atoms with Gasteiger partial charge < -0.3 is 4.42 Å². The lowest BCUT2D eigenvalue weighted by atomic mass is 9.74. The number of Topliss-reactive ketones (excluding diaryl/α,β-unsaturated/α-hetero) is 1. The van der Waals surface area contributed by atoms with Crippen LogP contribution in [0.15, 0.2) is 16.9 Å². The van der Waals surface area contributed by atoms with Crippen LogP contribution in [0.1, 0.15) is 49.7 Å². The lowest BCUT2D eigenvalue weighted by Gasteiger charge is -2.29. The lowest BCUT2D eigenvalue weighted by molar-refractivity contribution is -0.121. The van der Waals surface area contributed by atoms with Crippen molar-refractivity contribution in [2.75, 3.05) is 0 Å². The van der Waals surface area contributed by atoms with Crippen LogP contribution in [0.3, 0.4) is 0 Å².